The van der Waals surface area contributed by atoms with Crippen LogP contribution in [0.1, 0.15) is 26.5 Å². The van der Waals surface area contributed by atoms with Gasteiger partial charge in [0, 0.05) is 18.2 Å². The standard InChI is InChI=1S/C17H19BrF2N2/c1-10(2)11(3)21-9-16-14(19)7-8-15(22-16)12-5-4-6-13(18)17(12)20/h4-8,10-11,21H,9H2,1-3H3/t11-/m1/s1. The van der Waals surface area contributed by atoms with Gasteiger partial charge >= 0.3 is 0 Å². The van der Waals surface area contributed by atoms with E-state index < -0.39 is 5.82 Å². The van der Waals surface area contributed by atoms with Gasteiger partial charge in [-0.2, -0.15) is 0 Å². The molecule has 0 spiro atoms. The molecule has 0 unspecified atom stereocenters. The number of nitrogens with one attached hydrogen (secondary N) is 1. The lowest BCUT2D eigenvalue weighted by Gasteiger charge is -2.17. The van der Waals surface area contributed by atoms with Gasteiger partial charge in [-0.3, -0.25) is 0 Å². The molecule has 1 atom stereocenters. The molecule has 2 rings (SSSR count). The maximum absolute atomic E-state index is 14.1. The Hall–Kier alpha value is -1.33. The average molecular weight is 369 g/mol. The zero-order valence-electron chi connectivity index (χ0n) is 12.8. The summed E-state index contributed by atoms with van der Waals surface area (Å²) < 4.78 is 28.4. The van der Waals surface area contributed by atoms with E-state index in [0.29, 0.717) is 33.9 Å². The maximum atomic E-state index is 14.1. The molecular formula is C17H19BrF2N2. The summed E-state index contributed by atoms with van der Waals surface area (Å²) in [4.78, 5) is 4.28. The Morgan fingerprint density at radius 1 is 1.14 bits per heavy atom. The van der Waals surface area contributed by atoms with E-state index >= 15 is 0 Å². The van der Waals surface area contributed by atoms with E-state index in [-0.39, 0.29) is 11.9 Å². The molecular weight excluding hydrogens is 350 g/mol. The second-order valence-electron chi connectivity index (χ2n) is 5.64. The molecule has 0 aliphatic heterocycles. The topological polar surface area (TPSA) is 24.9 Å². The summed E-state index contributed by atoms with van der Waals surface area (Å²) in [5.41, 5.74) is 1.08. The molecule has 1 N–H and O–H groups in total. The zero-order chi connectivity index (χ0) is 16.3. The molecule has 0 aliphatic carbocycles. The number of aromatic nitrogens is 1. The van der Waals surface area contributed by atoms with Gasteiger partial charge in [0.2, 0.25) is 0 Å². The van der Waals surface area contributed by atoms with Crippen LogP contribution in [0.5, 0.6) is 0 Å². The van der Waals surface area contributed by atoms with E-state index in [9.17, 15) is 8.78 Å². The number of hydrogen-bond donors (Lipinski definition) is 1. The molecule has 118 valence electrons. The van der Waals surface area contributed by atoms with E-state index in [0.717, 1.165) is 0 Å². The zero-order valence-corrected chi connectivity index (χ0v) is 14.4. The fourth-order valence-corrected chi connectivity index (χ4v) is 2.32. The third kappa shape index (κ3) is 3.90. The van der Waals surface area contributed by atoms with E-state index in [2.05, 4.69) is 40.1 Å². The summed E-state index contributed by atoms with van der Waals surface area (Å²) in [6, 6.07) is 8.05. The first kappa shape index (κ1) is 17.0. The summed E-state index contributed by atoms with van der Waals surface area (Å²) >= 11 is 3.15. The number of benzene rings is 1. The molecule has 2 nitrogen and oxygen atoms in total. The third-order valence-electron chi connectivity index (χ3n) is 3.74. The van der Waals surface area contributed by atoms with Crippen molar-refractivity contribution in [3.8, 4) is 11.3 Å². The summed E-state index contributed by atoms with van der Waals surface area (Å²) in [6.07, 6.45) is 0. The van der Waals surface area contributed by atoms with Crippen molar-refractivity contribution in [3.05, 3.63) is 52.1 Å². The fourth-order valence-electron chi connectivity index (χ4n) is 1.95. The Balaban J connectivity index is 2.28. The van der Waals surface area contributed by atoms with E-state index in [1.807, 2.05) is 6.92 Å². The fraction of sp³-hybridized carbons (Fsp3) is 0.353. The first-order valence-electron chi connectivity index (χ1n) is 7.23. The molecule has 5 heteroatoms. The van der Waals surface area contributed by atoms with Crippen molar-refractivity contribution in [3.63, 3.8) is 0 Å². The summed E-state index contributed by atoms with van der Waals surface area (Å²) in [6.45, 7) is 6.54. The minimum absolute atomic E-state index is 0.243. The quantitative estimate of drug-likeness (QED) is 0.809. The molecule has 0 fully saturated rings. The van der Waals surface area contributed by atoms with E-state index in [4.69, 9.17) is 0 Å². The van der Waals surface area contributed by atoms with Crippen LogP contribution in [0.4, 0.5) is 8.78 Å². The summed E-state index contributed by atoms with van der Waals surface area (Å²) in [5, 5.41) is 3.24. The second kappa shape index (κ2) is 7.29. The van der Waals surface area contributed by atoms with Gasteiger partial charge in [0.1, 0.15) is 11.6 Å². The lowest BCUT2D eigenvalue weighted by atomic mass is 10.1. The lowest BCUT2D eigenvalue weighted by molar-refractivity contribution is 0.418. The molecule has 0 saturated heterocycles. The first-order valence-corrected chi connectivity index (χ1v) is 8.02. The highest BCUT2D eigenvalue weighted by Gasteiger charge is 2.13. The van der Waals surface area contributed by atoms with Crippen molar-refractivity contribution in [2.75, 3.05) is 0 Å². The molecule has 0 saturated carbocycles. The van der Waals surface area contributed by atoms with Crippen LogP contribution in [0.25, 0.3) is 11.3 Å². The van der Waals surface area contributed by atoms with Crippen LogP contribution in [0, 0.1) is 17.6 Å². The van der Waals surface area contributed by atoms with Crippen LogP contribution in [-0.2, 0) is 6.54 Å². The molecule has 0 aliphatic rings. The van der Waals surface area contributed by atoms with Gasteiger partial charge in [0.05, 0.1) is 15.9 Å². The molecule has 0 bridgehead atoms. The molecule has 2 aromatic rings. The largest absolute Gasteiger partial charge is 0.308 e. The number of rotatable bonds is 5. The molecule has 0 amide bonds. The van der Waals surface area contributed by atoms with Gasteiger partial charge in [-0.1, -0.05) is 19.9 Å². The van der Waals surface area contributed by atoms with Gasteiger partial charge in [-0.15, -0.1) is 0 Å². The number of pyridine rings is 1. The molecule has 1 aromatic heterocycles. The van der Waals surface area contributed by atoms with Gasteiger partial charge in [0.25, 0.3) is 0 Å². The van der Waals surface area contributed by atoms with Crippen molar-refractivity contribution in [2.24, 2.45) is 5.92 Å². The lowest BCUT2D eigenvalue weighted by Crippen LogP contribution is -2.30. The average Bonchev–Trinajstić information content (AvgIpc) is 2.49. The van der Waals surface area contributed by atoms with E-state index in [1.54, 1.807) is 18.2 Å². The van der Waals surface area contributed by atoms with Crippen LogP contribution in [0.3, 0.4) is 0 Å². The van der Waals surface area contributed by atoms with Crippen LogP contribution in [0.2, 0.25) is 0 Å². The van der Waals surface area contributed by atoms with E-state index in [1.165, 1.54) is 12.1 Å². The van der Waals surface area contributed by atoms with Crippen molar-refractivity contribution in [1.29, 1.82) is 0 Å². The maximum Gasteiger partial charge on any atom is 0.146 e. The molecule has 1 aromatic carbocycles. The van der Waals surface area contributed by atoms with Crippen LogP contribution < -0.4 is 5.32 Å². The number of nitrogens with zero attached hydrogens (tertiary/aromatic N) is 1. The smallest absolute Gasteiger partial charge is 0.146 e. The Bertz CT molecular complexity index is 659. The van der Waals surface area contributed by atoms with Crippen LogP contribution in [-0.4, -0.2) is 11.0 Å². The summed E-state index contributed by atoms with van der Waals surface area (Å²) in [5.74, 6) is -0.340. The highest BCUT2D eigenvalue weighted by molar-refractivity contribution is 9.10. The van der Waals surface area contributed by atoms with Crippen LogP contribution in [0.15, 0.2) is 34.8 Å². The van der Waals surface area contributed by atoms with Gasteiger partial charge in [-0.25, -0.2) is 13.8 Å². The van der Waals surface area contributed by atoms with Crippen molar-refractivity contribution < 1.29 is 8.78 Å². The monoisotopic (exact) mass is 368 g/mol. The number of halogens is 3. The molecule has 22 heavy (non-hydrogen) atoms. The predicted octanol–water partition coefficient (Wildman–Crippen LogP) is 4.92. The summed E-state index contributed by atoms with van der Waals surface area (Å²) in [7, 11) is 0. The second-order valence-corrected chi connectivity index (χ2v) is 6.49. The Morgan fingerprint density at radius 2 is 1.86 bits per heavy atom. The first-order chi connectivity index (χ1) is 10.4. The third-order valence-corrected chi connectivity index (χ3v) is 4.35. The highest BCUT2D eigenvalue weighted by Crippen LogP contribution is 2.27. The van der Waals surface area contributed by atoms with Crippen molar-refractivity contribution in [1.82, 2.24) is 10.3 Å². The Kier molecular flexibility index (Phi) is 5.64. The van der Waals surface area contributed by atoms with Crippen molar-refractivity contribution in [2.45, 2.75) is 33.4 Å². The Morgan fingerprint density at radius 3 is 2.55 bits per heavy atom. The van der Waals surface area contributed by atoms with Gasteiger partial charge < -0.3 is 5.32 Å². The minimum Gasteiger partial charge on any atom is -0.308 e. The number of hydrogen-bond acceptors (Lipinski definition) is 2. The SMILES string of the molecule is CC(C)[C@@H](C)NCc1nc(-c2cccc(Br)c2F)ccc1F. The highest BCUT2D eigenvalue weighted by atomic mass is 79.9. The minimum atomic E-state index is -0.393. The predicted molar refractivity (Wildman–Crippen MR) is 88.4 cm³/mol. The molecule has 1 heterocycles. The van der Waals surface area contributed by atoms with Crippen LogP contribution >= 0.6 is 15.9 Å². The van der Waals surface area contributed by atoms with Gasteiger partial charge in [-0.05, 0) is 53.0 Å². The Labute approximate surface area is 138 Å². The molecule has 0 radical (unpaired) electrons. The van der Waals surface area contributed by atoms with Gasteiger partial charge in [0.15, 0.2) is 0 Å². The van der Waals surface area contributed by atoms with Crippen molar-refractivity contribution >= 4 is 15.9 Å². The normalized spacial score (nSPS) is 12.7.